The zero-order valence-electron chi connectivity index (χ0n) is 12.8. The van der Waals surface area contributed by atoms with Crippen LogP contribution in [0, 0.1) is 13.8 Å². The summed E-state index contributed by atoms with van der Waals surface area (Å²) < 4.78 is 1.73. The van der Waals surface area contributed by atoms with Crippen LogP contribution in [0.25, 0.3) is 0 Å². The van der Waals surface area contributed by atoms with Crippen LogP contribution in [-0.4, -0.2) is 57.7 Å². The molecule has 0 N–H and O–H groups in total. The molecule has 0 aliphatic carbocycles. The lowest BCUT2D eigenvalue weighted by atomic mass is 9.99. The van der Waals surface area contributed by atoms with Gasteiger partial charge in [0.15, 0.2) is 0 Å². The maximum absolute atomic E-state index is 12.5. The van der Waals surface area contributed by atoms with Crippen molar-refractivity contribution < 1.29 is 4.79 Å². The molecule has 3 heterocycles. The molecule has 1 atom stereocenters. The lowest BCUT2D eigenvalue weighted by Crippen LogP contribution is -2.56. The Kier molecular flexibility index (Phi) is 4.22. The Bertz CT molecular complexity index is 542. The Morgan fingerprint density at radius 3 is 2.81 bits per heavy atom. The highest BCUT2D eigenvalue weighted by Crippen LogP contribution is 2.22. The van der Waals surface area contributed by atoms with Gasteiger partial charge < -0.3 is 4.90 Å². The number of fused-ring (bicyclic) bond motifs is 1. The molecule has 1 aromatic heterocycles. The molecule has 0 saturated carbocycles. The van der Waals surface area contributed by atoms with Gasteiger partial charge in [0.25, 0.3) is 0 Å². The van der Waals surface area contributed by atoms with Crippen molar-refractivity contribution >= 4 is 17.5 Å². The predicted octanol–water partition coefficient (Wildman–Crippen LogP) is 1.85. The van der Waals surface area contributed by atoms with E-state index < -0.39 is 0 Å². The fraction of sp³-hybridized carbons (Fsp3) is 0.733. The lowest BCUT2D eigenvalue weighted by Gasteiger charge is -2.44. The van der Waals surface area contributed by atoms with Crippen LogP contribution in [0.4, 0.5) is 0 Å². The van der Waals surface area contributed by atoms with Crippen LogP contribution in [0.1, 0.15) is 30.7 Å². The summed E-state index contributed by atoms with van der Waals surface area (Å²) in [4.78, 5) is 17.1. The van der Waals surface area contributed by atoms with Crippen molar-refractivity contribution in [2.45, 2.75) is 45.7 Å². The van der Waals surface area contributed by atoms with E-state index in [9.17, 15) is 4.79 Å². The Morgan fingerprint density at radius 1 is 1.29 bits per heavy atom. The van der Waals surface area contributed by atoms with Gasteiger partial charge in [-0.15, -0.1) is 0 Å². The van der Waals surface area contributed by atoms with Crippen LogP contribution >= 0.6 is 11.6 Å². The molecule has 6 heteroatoms. The van der Waals surface area contributed by atoms with E-state index in [-0.39, 0.29) is 5.91 Å². The minimum Gasteiger partial charge on any atom is -0.338 e. The predicted molar refractivity (Wildman–Crippen MR) is 82.5 cm³/mol. The fourth-order valence-electron chi connectivity index (χ4n) is 3.44. The van der Waals surface area contributed by atoms with Gasteiger partial charge in [-0.2, -0.15) is 5.10 Å². The number of carbonyl (C=O) groups is 1. The first-order chi connectivity index (χ1) is 10.1. The number of rotatable bonds is 2. The molecule has 2 fully saturated rings. The zero-order chi connectivity index (χ0) is 15.0. The van der Waals surface area contributed by atoms with Gasteiger partial charge in [0.1, 0.15) is 6.54 Å². The average Bonchev–Trinajstić information content (AvgIpc) is 2.74. The van der Waals surface area contributed by atoms with Crippen LogP contribution in [0.3, 0.4) is 0 Å². The third-order valence-electron chi connectivity index (χ3n) is 4.77. The van der Waals surface area contributed by atoms with E-state index in [0.29, 0.717) is 17.6 Å². The summed E-state index contributed by atoms with van der Waals surface area (Å²) in [7, 11) is 0. The van der Waals surface area contributed by atoms with Crippen LogP contribution in [0.15, 0.2) is 0 Å². The zero-order valence-corrected chi connectivity index (χ0v) is 13.6. The highest BCUT2D eigenvalue weighted by molar-refractivity contribution is 6.31. The van der Waals surface area contributed by atoms with Crippen LogP contribution < -0.4 is 0 Å². The second-order valence-electron chi connectivity index (χ2n) is 6.17. The normalized spacial score (nSPS) is 23.2. The van der Waals surface area contributed by atoms with Gasteiger partial charge in [0, 0.05) is 25.7 Å². The quantitative estimate of drug-likeness (QED) is 0.837. The van der Waals surface area contributed by atoms with Crippen molar-refractivity contribution in [3.8, 4) is 0 Å². The molecular weight excluding hydrogens is 288 g/mol. The molecule has 0 unspecified atom stereocenters. The van der Waals surface area contributed by atoms with Crippen molar-refractivity contribution in [3.05, 3.63) is 16.4 Å². The van der Waals surface area contributed by atoms with E-state index in [4.69, 9.17) is 11.6 Å². The summed E-state index contributed by atoms with van der Waals surface area (Å²) in [5.41, 5.74) is 1.66. The van der Waals surface area contributed by atoms with Gasteiger partial charge in [-0.05, 0) is 33.2 Å². The van der Waals surface area contributed by atoms with Gasteiger partial charge in [0.2, 0.25) is 5.91 Å². The highest BCUT2D eigenvalue weighted by atomic mass is 35.5. The molecule has 2 saturated heterocycles. The van der Waals surface area contributed by atoms with Crippen molar-refractivity contribution in [1.82, 2.24) is 19.6 Å². The van der Waals surface area contributed by atoms with Gasteiger partial charge in [-0.1, -0.05) is 18.0 Å². The van der Waals surface area contributed by atoms with Gasteiger partial charge >= 0.3 is 0 Å². The van der Waals surface area contributed by atoms with Crippen LogP contribution in [0.2, 0.25) is 5.02 Å². The smallest absolute Gasteiger partial charge is 0.244 e. The van der Waals surface area contributed by atoms with E-state index in [1.165, 1.54) is 25.8 Å². The Hall–Kier alpha value is -1.07. The van der Waals surface area contributed by atoms with Crippen molar-refractivity contribution in [2.24, 2.45) is 0 Å². The van der Waals surface area contributed by atoms with Crippen molar-refractivity contribution in [3.63, 3.8) is 0 Å². The van der Waals surface area contributed by atoms with Crippen molar-refractivity contribution in [2.75, 3.05) is 26.2 Å². The highest BCUT2D eigenvalue weighted by Gasteiger charge is 2.31. The summed E-state index contributed by atoms with van der Waals surface area (Å²) in [5, 5.41) is 5.02. The first kappa shape index (κ1) is 14.9. The molecule has 1 aromatic rings. The molecule has 1 amide bonds. The Balaban J connectivity index is 1.64. The standard InChI is InChI=1S/C15H23ClN4O/c1-11-15(16)12(2)20(17-11)10-14(21)19-8-7-18-6-4-3-5-13(18)9-19/h13H,3-10H2,1-2H3/t13-/m0/s1. The number of nitrogens with zero attached hydrogens (tertiary/aromatic N) is 4. The summed E-state index contributed by atoms with van der Waals surface area (Å²) in [6, 6.07) is 0.556. The second kappa shape index (κ2) is 5.97. The lowest BCUT2D eigenvalue weighted by molar-refractivity contribution is -0.135. The van der Waals surface area contributed by atoms with Crippen LogP contribution in [0.5, 0.6) is 0 Å². The van der Waals surface area contributed by atoms with E-state index in [2.05, 4.69) is 10.00 Å². The topological polar surface area (TPSA) is 41.4 Å². The molecule has 116 valence electrons. The Labute approximate surface area is 130 Å². The maximum Gasteiger partial charge on any atom is 0.244 e. The summed E-state index contributed by atoms with van der Waals surface area (Å²) in [5.74, 6) is 0.155. The van der Waals surface area contributed by atoms with E-state index in [1.807, 2.05) is 18.7 Å². The molecule has 0 spiro atoms. The van der Waals surface area contributed by atoms with Crippen molar-refractivity contribution in [1.29, 1.82) is 0 Å². The largest absolute Gasteiger partial charge is 0.338 e. The summed E-state index contributed by atoms with van der Waals surface area (Å²) in [6.45, 7) is 7.99. The number of aryl methyl sites for hydroxylation is 1. The summed E-state index contributed by atoms with van der Waals surface area (Å²) in [6.07, 6.45) is 3.81. The third-order valence-corrected chi connectivity index (χ3v) is 5.32. The second-order valence-corrected chi connectivity index (χ2v) is 6.55. The molecule has 0 radical (unpaired) electrons. The molecule has 2 aliphatic rings. The minimum absolute atomic E-state index is 0.155. The number of piperazine rings is 1. The minimum atomic E-state index is 0.155. The number of piperidine rings is 1. The number of halogens is 1. The molecular formula is C15H23ClN4O. The first-order valence-electron chi connectivity index (χ1n) is 7.77. The van der Waals surface area contributed by atoms with E-state index in [0.717, 1.165) is 31.0 Å². The molecule has 2 aliphatic heterocycles. The first-order valence-corrected chi connectivity index (χ1v) is 8.15. The molecule has 21 heavy (non-hydrogen) atoms. The maximum atomic E-state index is 12.5. The number of hydrogen-bond donors (Lipinski definition) is 0. The van der Waals surface area contributed by atoms with Crippen LogP contribution in [-0.2, 0) is 11.3 Å². The summed E-state index contributed by atoms with van der Waals surface area (Å²) >= 11 is 6.14. The number of amides is 1. The SMILES string of the molecule is Cc1nn(CC(=O)N2CCN3CCCC[C@H]3C2)c(C)c1Cl. The molecule has 0 aromatic carbocycles. The molecule has 5 nitrogen and oxygen atoms in total. The number of hydrogen-bond acceptors (Lipinski definition) is 3. The van der Waals surface area contributed by atoms with Gasteiger partial charge in [-0.25, -0.2) is 0 Å². The third kappa shape index (κ3) is 2.94. The van der Waals surface area contributed by atoms with Gasteiger partial charge in [0.05, 0.1) is 16.4 Å². The average molecular weight is 311 g/mol. The monoisotopic (exact) mass is 310 g/mol. The van der Waals surface area contributed by atoms with E-state index in [1.54, 1.807) is 4.68 Å². The molecule has 0 bridgehead atoms. The molecule has 3 rings (SSSR count). The van der Waals surface area contributed by atoms with Gasteiger partial charge in [-0.3, -0.25) is 14.4 Å². The number of carbonyl (C=O) groups excluding carboxylic acids is 1. The Morgan fingerprint density at radius 2 is 2.10 bits per heavy atom. The number of aromatic nitrogens is 2. The fourth-order valence-corrected chi connectivity index (χ4v) is 3.57. The van der Waals surface area contributed by atoms with E-state index >= 15 is 0 Å².